The Balaban J connectivity index is 1.37. The number of benzene rings is 1. The standard InChI is InChI=1S/C21H23N5O/c1-26-19-11-15(24-20-16-7-4-10-22-18(16)12-23-20)8-9-17(19)21(25-26)27-13-14-5-2-3-6-14/h4,7-11,14H,2-3,5-6,12-13H2,1H3,(H,23,24). The number of hydrogen-bond acceptors (Lipinski definition) is 5. The van der Waals surface area contributed by atoms with Crippen LogP contribution in [0, 0.1) is 5.92 Å². The van der Waals surface area contributed by atoms with Crippen molar-refractivity contribution in [1.82, 2.24) is 14.8 Å². The van der Waals surface area contributed by atoms with Crippen LogP contribution in [0.4, 0.5) is 5.69 Å². The van der Waals surface area contributed by atoms with Gasteiger partial charge in [0.15, 0.2) is 0 Å². The molecule has 3 aromatic rings. The van der Waals surface area contributed by atoms with E-state index in [1.54, 1.807) is 0 Å². The van der Waals surface area contributed by atoms with E-state index in [4.69, 9.17) is 4.74 Å². The van der Waals surface area contributed by atoms with E-state index in [1.165, 1.54) is 25.7 Å². The molecule has 6 heteroatoms. The maximum Gasteiger partial charge on any atom is 0.240 e. The second kappa shape index (κ2) is 6.68. The van der Waals surface area contributed by atoms with E-state index in [-0.39, 0.29) is 0 Å². The molecule has 138 valence electrons. The van der Waals surface area contributed by atoms with Gasteiger partial charge in [-0.15, -0.1) is 5.10 Å². The van der Waals surface area contributed by atoms with Crippen molar-refractivity contribution in [2.24, 2.45) is 18.0 Å². The largest absolute Gasteiger partial charge is 0.476 e. The summed E-state index contributed by atoms with van der Waals surface area (Å²) in [6.07, 6.45) is 7.02. The molecular weight excluding hydrogens is 338 g/mol. The molecule has 1 saturated carbocycles. The Hall–Kier alpha value is -2.89. The summed E-state index contributed by atoms with van der Waals surface area (Å²) < 4.78 is 7.94. The van der Waals surface area contributed by atoms with Crippen molar-refractivity contribution in [3.63, 3.8) is 0 Å². The summed E-state index contributed by atoms with van der Waals surface area (Å²) in [6, 6.07) is 10.2. The molecule has 1 aliphatic heterocycles. The van der Waals surface area contributed by atoms with Gasteiger partial charge < -0.3 is 10.1 Å². The summed E-state index contributed by atoms with van der Waals surface area (Å²) >= 11 is 0. The quantitative estimate of drug-likeness (QED) is 0.765. The van der Waals surface area contributed by atoms with Gasteiger partial charge >= 0.3 is 0 Å². The van der Waals surface area contributed by atoms with E-state index in [0.717, 1.165) is 46.2 Å². The lowest BCUT2D eigenvalue weighted by atomic mass is 10.1. The van der Waals surface area contributed by atoms with Crippen LogP contribution in [-0.2, 0) is 13.6 Å². The molecule has 1 fully saturated rings. The third-order valence-corrected chi connectivity index (χ3v) is 5.54. The van der Waals surface area contributed by atoms with Crippen molar-refractivity contribution in [3.05, 3.63) is 47.8 Å². The third-order valence-electron chi connectivity index (χ3n) is 5.54. The van der Waals surface area contributed by atoms with Gasteiger partial charge in [-0.25, -0.2) is 0 Å². The fourth-order valence-corrected chi connectivity index (χ4v) is 4.04. The summed E-state index contributed by atoms with van der Waals surface area (Å²) in [5, 5.41) is 9.07. The molecule has 6 nitrogen and oxygen atoms in total. The molecule has 0 amide bonds. The van der Waals surface area contributed by atoms with Gasteiger partial charge in [-0.1, -0.05) is 12.8 Å². The van der Waals surface area contributed by atoms with Crippen molar-refractivity contribution in [2.45, 2.75) is 32.2 Å². The Kier molecular flexibility index (Phi) is 4.03. The molecule has 0 bridgehead atoms. The normalized spacial score (nSPS) is 16.6. The second-order valence-electron chi connectivity index (χ2n) is 7.41. The molecule has 0 spiro atoms. The topological polar surface area (TPSA) is 64.3 Å². The Labute approximate surface area is 158 Å². The first-order chi connectivity index (χ1) is 13.3. The molecule has 0 atom stereocenters. The number of amidine groups is 1. The Morgan fingerprint density at radius 3 is 3.00 bits per heavy atom. The highest BCUT2D eigenvalue weighted by Gasteiger charge is 2.19. The van der Waals surface area contributed by atoms with Crippen molar-refractivity contribution < 1.29 is 4.74 Å². The molecule has 1 N–H and O–H groups in total. The Bertz CT molecular complexity index is 1020. The minimum atomic E-state index is 0.631. The molecule has 2 aliphatic rings. The number of pyridine rings is 1. The number of nitrogens with zero attached hydrogens (tertiary/aromatic N) is 4. The van der Waals surface area contributed by atoms with Crippen LogP contribution in [0.2, 0.25) is 0 Å². The zero-order valence-corrected chi connectivity index (χ0v) is 15.5. The van der Waals surface area contributed by atoms with E-state index in [2.05, 4.69) is 44.7 Å². The number of nitrogens with one attached hydrogen (secondary N) is 1. The highest BCUT2D eigenvalue weighted by atomic mass is 16.5. The Morgan fingerprint density at radius 2 is 2.11 bits per heavy atom. The molecular formula is C21H23N5O. The van der Waals surface area contributed by atoms with E-state index in [1.807, 2.05) is 24.0 Å². The van der Waals surface area contributed by atoms with Gasteiger partial charge in [-0.05, 0) is 49.1 Å². The van der Waals surface area contributed by atoms with E-state index in [9.17, 15) is 0 Å². The van der Waals surface area contributed by atoms with Crippen LogP contribution in [-0.4, -0.2) is 27.2 Å². The molecule has 0 saturated heterocycles. The second-order valence-corrected chi connectivity index (χ2v) is 7.41. The van der Waals surface area contributed by atoms with Gasteiger partial charge in [0.1, 0.15) is 5.84 Å². The lowest BCUT2D eigenvalue weighted by Crippen LogP contribution is -2.11. The lowest BCUT2D eigenvalue weighted by molar-refractivity contribution is 0.244. The van der Waals surface area contributed by atoms with Gasteiger partial charge in [0.2, 0.25) is 5.88 Å². The van der Waals surface area contributed by atoms with Crippen LogP contribution in [0.25, 0.3) is 10.9 Å². The highest BCUT2D eigenvalue weighted by molar-refractivity contribution is 6.10. The first-order valence-corrected chi connectivity index (χ1v) is 9.63. The van der Waals surface area contributed by atoms with Gasteiger partial charge in [-0.2, -0.15) is 0 Å². The van der Waals surface area contributed by atoms with Crippen LogP contribution in [0.3, 0.4) is 0 Å². The lowest BCUT2D eigenvalue weighted by Gasteiger charge is -2.09. The molecule has 0 unspecified atom stereocenters. The number of aryl methyl sites for hydroxylation is 1. The van der Waals surface area contributed by atoms with Crippen molar-refractivity contribution >= 4 is 22.4 Å². The molecule has 5 rings (SSSR count). The molecule has 2 aromatic heterocycles. The third kappa shape index (κ3) is 3.05. The average Bonchev–Trinajstić information content (AvgIpc) is 3.41. The summed E-state index contributed by atoms with van der Waals surface area (Å²) in [5.74, 6) is 2.29. The predicted octanol–water partition coefficient (Wildman–Crippen LogP) is 3.91. The summed E-state index contributed by atoms with van der Waals surface area (Å²) in [4.78, 5) is 8.96. The van der Waals surface area contributed by atoms with Crippen molar-refractivity contribution in [3.8, 4) is 5.88 Å². The van der Waals surface area contributed by atoms with E-state index >= 15 is 0 Å². The number of aromatic nitrogens is 3. The zero-order chi connectivity index (χ0) is 18.2. The molecule has 1 aliphatic carbocycles. The maximum atomic E-state index is 6.06. The van der Waals surface area contributed by atoms with E-state index < -0.39 is 0 Å². The molecule has 27 heavy (non-hydrogen) atoms. The zero-order valence-electron chi connectivity index (χ0n) is 15.5. The molecule has 3 heterocycles. The smallest absolute Gasteiger partial charge is 0.240 e. The monoisotopic (exact) mass is 361 g/mol. The van der Waals surface area contributed by atoms with Gasteiger partial charge in [0, 0.05) is 24.5 Å². The minimum Gasteiger partial charge on any atom is -0.476 e. The Morgan fingerprint density at radius 1 is 1.22 bits per heavy atom. The number of hydrogen-bond donors (Lipinski definition) is 1. The average molecular weight is 361 g/mol. The van der Waals surface area contributed by atoms with Crippen LogP contribution in [0.1, 0.15) is 36.9 Å². The molecule has 0 radical (unpaired) electrons. The number of ether oxygens (including phenoxy) is 1. The summed E-state index contributed by atoms with van der Waals surface area (Å²) in [7, 11) is 1.96. The number of anilines is 1. The number of fused-ring (bicyclic) bond motifs is 2. The van der Waals surface area contributed by atoms with Gasteiger partial charge in [0.25, 0.3) is 0 Å². The van der Waals surface area contributed by atoms with Gasteiger partial charge in [-0.3, -0.25) is 14.7 Å². The summed E-state index contributed by atoms with van der Waals surface area (Å²) in [5.41, 5.74) is 4.13. The van der Waals surface area contributed by atoms with Crippen molar-refractivity contribution in [2.75, 3.05) is 11.9 Å². The first kappa shape index (κ1) is 16.3. The van der Waals surface area contributed by atoms with E-state index in [0.29, 0.717) is 12.5 Å². The minimum absolute atomic E-state index is 0.631. The van der Waals surface area contributed by atoms with Crippen LogP contribution >= 0.6 is 0 Å². The van der Waals surface area contributed by atoms with Crippen LogP contribution < -0.4 is 10.1 Å². The van der Waals surface area contributed by atoms with Crippen LogP contribution in [0.15, 0.2) is 41.5 Å². The van der Waals surface area contributed by atoms with Gasteiger partial charge in [0.05, 0.1) is 29.7 Å². The van der Waals surface area contributed by atoms with Crippen molar-refractivity contribution in [1.29, 1.82) is 0 Å². The fourth-order valence-electron chi connectivity index (χ4n) is 4.04. The molecule has 1 aromatic carbocycles. The highest BCUT2D eigenvalue weighted by Crippen LogP contribution is 2.30. The number of rotatable bonds is 4. The van der Waals surface area contributed by atoms with Crippen LogP contribution in [0.5, 0.6) is 5.88 Å². The summed E-state index contributed by atoms with van der Waals surface area (Å²) in [6.45, 7) is 1.40. The predicted molar refractivity (Wildman–Crippen MR) is 106 cm³/mol. The SMILES string of the molecule is Cn1nc(OCC2CCCC2)c2ccc(NC3=NCc4ncccc43)cc21. The maximum absolute atomic E-state index is 6.06. The first-order valence-electron chi connectivity index (χ1n) is 9.63. The number of aliphatic imine (C=N–C) groups is 1. The fraction of sp³-hybridized carbons (Fsp3) is 0.381.